The van der Waals surface area contributed by atoms with Crippen molar-refractivity contribution < 1.29 is 18.7 Å². The number of carbonyl (C=O) groups is 2. The standard InChI is InChI=1S/C25H24N2O4/c28-24(26-17-20-11-7-15-31-20)21-12-4-5-13-23(21)27-25(29)22(16-19-10-6-14-30-19)18-8-2-1-3-9-18/h1-6,8-10,12-14,16,20H,7,11,15,17H2,(H,26,28)(H,27,29)/b22-16+/t20-/m1/s1. The third-order valence-corrected chi connectivity index (χ3v) is 5.09. The number of benzene rings is 2. The number of nitrogens with one attached hydrogen (secondary N) is 2. The van der Waals surface area contributed by atoms with Crippen LogP contribution in [0.5, 0.6) is 0 Å². The third kappa shape index (κ3) is 5.29. The van der Waals surface area contributed by atoms with Crippen molar-refractivity contribution in [2.24, 2.45) is 0 Å². The van der Waals surface area contributed by atoms with Crippen molar-refractivity contribution in [2.45, 2.75) is 18.9 Å². The number of hydrogen-bond donors (Lipinski definition) is 2. The second-order valence-electron chi connectivity index (χ2n) is 7.28. The van der Waals surface area contributed by atoms with Gasteiger partial charge in [-0.25, -0.2) is 0 Å². The first-order chi connectivity index (χ1) is 15.2. The van der Waals surface area contributed by atoms with E-state index in [0.717, 1.165) is 25.0 Å². The van der Waals surface area contributed by atoms with E-state index in [1.54, 1.807) is 48.7 Å². The van der Waals surface area contributed by atoms with Crippen LogP contribution in [0.3, 0.4) is 0 Å². The Bertz CT molecular complexity index is 1050. The molecule has 1 aromatic heterocycles. The van der Waals surface area contributed by atoms with Crippen LogP contribution in [-0.4, -0.2) is 31.1 Å². The van der Waals surface area contributed by atoms with E-state index in [1.165, 1.54) is 0 Å². The van der Waals surface area contributed by atoms with E-state index in [9.17, 15) is 9.59 Å². The molecule has 1 aliphatic rings. The molecule has 1 fully saturated rings. The lowest BCUT2D eigenvalue weighted by molar-refractivity contribution is -0.111. The van der Waals surface area contributed by atoms with Gasteiger partial charge in [0.05, 0.1) is 29.2 Å². The SMILES string of the molecule is O=C(Nc1ccccc1C(=O)NC[C@H]1CCCO1)/C(=C/c1ccco1)c1ccccc1. The molecular formula is C25H24N2O4. The summed E-state index contributed by atoms with van der Waals surface area (Å²) >= 11 is 0. The molecule has 2 heterocycles. The van der Waals surface area contributed by atoms with Crippen molar-refractivity contribution in [2.75, 3.05) is 18.5 Å². The zero-order chi connectivity index (χ0) is 21.5. The normalized spacial score (nSPS) is 16.1. The minimum atomic E-state index is -0.332. The van der Waals surface area contributed by atoms with Crippen molar-refractivity contribution >= 4 is 29.2 Å². The van der Waals surface area contributed by atoms with Crippen LogP contribution in [-0.2, 0) is 9.53 Å². The van der Waals surface area contributed by atoms with Crippen LogP contribution in [0.1, 0.15) is 34.5 Å². The van der Waals surface area contributed by atoms with E-state index >= 15 is 0 Å². The van der Waals surface area contributed by atoms with Crippen molar-refractivity contribution in [3.63, 3.8) is 0 Å². The van der Waals surface area contributed by atoms with E-state index in [0.29, 0.717) is 29.1 Å². The second-order valence-corrected chi connectivity index (χ2v) is 7.28. The second kappa shape index (κ2) is 9.91. The van der Waals surface area contributed by atoms with Gasteiger partial charge >= 0.3 is 0 Å². The molecule has 0 saturated carbocycles. The first kappa shape index (κ1) is 20.6. The van der Waals surface area contributed by atoms with Crippen LogP contribution in [0.2, 0.25) is 0 Å². The van der Waals surface area contributed by atoms with Crippen molar-refractivity contribution in [1.82, 2.24) is 5.32 Å². The average molecular weight is 416 g/mol. The van der Waals surface area contributed by atoms with Gasteiger partial charge in [0.2, 0.25) is 0 Å². The Morgan fingerprint density at radius 2 is 1.81 bits per heavy atom. The summed E-state index contributed by atoms with van der Waals surface area (Å²) in [7, 11) is 0. The summed E-state index contributed by atoms with van der Waals surface area (Å²) in [4.78, 5) is 26.0. The molecule has 2 N–H and O–H groups in total. The van der Waals surface area contributed by atoms with E-state index in [1.807, 2.05) is 30.3 Å². The smallest absolute Gasteiger partial charge is 0.256 e. The van der Waals surface area contributed by atoms with Crippen LogP contribution in [0, 0.1) is 0 Å². The number of hydrogen-bond acceptors (Lipinski definition) is 4. The summed E-state index contributed by atoms with van der Waals surface area (Å²) in [6, 6.07) is 19.8. The van der Waals surface area contributed by atoms with Crippen LogP contribution in [0.4, 0.5) is 5.69 Å². The molecule has 3 aromatic rings. The Balaban J connectivity index is 1.54. The summed E-state index contributed by atoms with van der Waals surface area (Å²) in [5.41, 5.74) is 2.03. The molecule has 2 aromatic carbocycles. The number of rotatable bonds is 7. The lowest BCUT2D eigenvalue weighted by atomic mass is 10.0. The molecule has 31 heavy (non-hydrogen) atoms. The Hall–Kier alpha value is -3.64. The van der Waals surface area contributed by atoms with Crippen LogP contribution < -0.4 is 10.6 Å². The lowest BCUT2D eigenvalue weighted by Crippen LogP contribution is -2.32. The Morgan fingerprint density at radius 1 is 1.00 bits per heavy atom. The molecule has 6 nitrogen and oxygen atoms in total. The van der Waals surface area contributed by atoms with Gasteiger partial charge in [-0.05, 0) is 48.7 Å². The maximum Gasteiger partial charge on any atom is 0.256 e. The largest absolute Gasteiger partial charge is 0.465 e. The molecule has 6 heteroatoms. The van der Waals surface area contributed by atoms with Gasteiger partial charge in [0.15, 0.2) is 0 Å². The van der Waals surface area contributed by atoms with E-state index in [4.69, 9.17) is 9.15 Å². The number of amides is 2. The molecule has 0 unspecified atom stereocenters. The highest BCUT2D eigenvalue weighted by atomic mass is 16.5. The Labute approximate surface area is 180 Å². The minimum Gasteiger partial charge on any atom is -0.465 e. The van der Waals surface area contributed by atoms with Crippen molar-refractivity contribution in [3.8, 4) is 0 Å². The van der Waals surface area contributed by atoms with Gasteiger partial charge in [-0.2, -0.15) is 0 Å². The number of carbonyl (C=O) groups excluding carboxylic acids is 2. The quantitative estimate of drug-likeness (QED) is 0.561. The molecule has 2 amide bonds. The molecule has 0 radical (unpaired) electrons. The Kier molecular flexibility index (Phi) is 6.59. The van der Waals surface area contributed by atoms with Gasteiger partial charge in [-0.1, -0.05) is 42.5 Å². The van der Waals surface area contributed by atoms with Crippen LogP contribution in [0.25, 0.3) is 11.6 Å². The maximum absolute atomic E-state index is 13.2. The first-order valence-electron chi connectivity index (χ1n) is 10.3. The monoisotopic (exact) mass is 416 g/mol. The van der Waals surface area contributed by atoms with Crippen LogP contribution >= 0.6 is 0 Å². The average Bonchev–Trinajstić information content (AvgIpc) is 3.51. The highest BCUT2D eigenvalue weighted by molar-refractivity contribution is 6.29. The molecule has 0 aliphatic carbocycles. The zero-order valence-corrected chi connectivity index (χ0v) is 17.0. The summed E-state index contributed by atoms with van der Waals surface area (Å²) < 4.78 is 11.0. The van der Waals surface area contributed by atoms with E-state index in [2.05, 4.69) is 10.6 Å². The highest BCUT2D eigenvalue weighted by Gasteiger charge is 2.20. The molecule has 1 atom stereocenters. The van der Waals surface area contributed by atoms with E-state index in [-0.39, 0.29) is 17.9 Å². The summed E-state index contributed by atoms with van der Waals surface area (Å²) in [5.74, 6) is -0.0127. The molecule has 0 bridgehead atoms. The summed E-state index contributed by atoms with van der Waals surface area (Å²) in [5, 5.41) is 5.80. The fourth-order valence-electron chi connectivity index (χ4n) is 3.50. The fraction of sp³-hybridized carbons (Fsp3) is 0.200. The van der Waals surface area contributed by atoms with Crippen LogP contribution in [0.15, 0.2) is 77.4 Å². The van der Waals surface area contributed by atoms with Gasteiger partial charge in [0, 0.05) is 13.2 Å². The zero-order valence-electron chi connectivity index (χ0n) is 17.0. The molecule has 1 saturated heterocycles. The third-order valence-electron chi connectivity index (χ3n) is 5.09. The van der Waals surface area contributed by atoms with Gasteiger partial charge in [-0.3, -0.25) is 9.59 Å². The first-order valence-corrected chi connectivity index (χ1v) is 10.3. The molecule has 1 aliphatic heterocycles. The van der Waals surface area contributed by atoms with Gasteiger partial charge in [0.1, 0.15) is 5.76 Å². The van der Waals surface area contributed by atoms with E-state index < -0.39 is 0 Å². The number of para-hydroxylation sites is 1. The predicted octanol–water partition coefficient (Wildman–Crippen LogP) is 4.37. The van der Waals surface area contributed by atoms with Crippen molar-refractivity contribution in [3.05, 3.63) is 89.9 Å². The molecular weight excluding hydrogens is 392 g/mol. The Morgan fingerprint density at radius 3 is 2.55 bits per heavy atom. The van der Waals surface area contributed by atoms with Crippen molar-refractivity contribution in [1.29, 1.82) is 0 Å². The molecule has 158 valence electrons. The molecule has 4 rings (SSSR count). The topological polar surface area (TPSA) is 80.6 Å². The number of ether oxygens (including phenoxy) is 1. The number of anilines is 1. The maximum atomic E-state index is 13.2. The number of furan rings is 1. The molecule has 0 spiro atoms. The van der Waals surface area contributed by atoms with Gasteiger partial charge < -0.3 is 19.8 Å². The highest BCUT2D eigenvalue weighted by Crippen LogP contribution is 2.23. The predicted molar refractivity (Wildman–Crippen MR) is 119 cm³/mol. The fourth-order valence-corrected chi connectivity index (χ4v) is 3.50. The lowest BCUT2D eigenvalue weighted by Gasteiger charge is -2.15. The summed E-state index contributed by atoms with van der Waals surface area (Å²) in [6.45, 7) is 1.19. The van der Waals surface area contributed by atoms with Gasteiger partial charge in [0.25, 0.3) is 11.8 Å². The minimum absolute atomic E-state index is 0.0478. The summed E-state index contributed by atoms with van der Waals surface area (Å²) in [6.07, 6.45) is 5.24. The van der Waals surface area contributed by atoms with Gasteiger partial charge in [-0.15, -0.1) is 0 Å².